The van der Waals surface area contributed by atoms with Crippen LogP contribution in [-0.4, -0.2) is 33.7 Å². The Balaban J connectivity index is 4.22. The number of hydrogen-bond donors (Lipinski definition) is 2. The quantitative estimate of drug-likeness (QED) is 0.448. The first-order valence-electron chi connectivity index (χ1n) is 6.18. The van der Waals surface area contributed by atoms with Crippen LogP contribution in [0.25, 0.3) is 0 Å². The average Bonchev–Trinajstić information content (AvgIpc) is 2.28. The minimum atomic E-state index is -0.810. The third-order valence-corrected chi connectivity index (χ3v) is 5.29. The number of carboxylic acid groups (broad SMARTS) is 2. The van der Waals surface area contributed by atoms with Crippen molar-refractivity contribution < 1.29 is 19.8 Å². The second-order valence-electron chi connectivity index (χ2n) is 4.31. The van der Waals surface area contributed by atoms with Crippen LogP contribution >= 0.6 is 21.6 Å². The zero-order chi connectivity index (χ0) is 14.0. The molecule has 0 aliphatic heterocycles. The number of carbonyl (C=O) groups is 2. The van der Waals surface area contributed by atoms with Gasteiger partial charge in [0.25, 0.3) is 0 Å². The van der Waals surface area contributed by atoms with Gasteiger partial charge in [-0.05, 0) is 12.8 Å². The van der Waals surface area contributed by atoms with Gasteiger partial charge in [-0.25, -0.2) is 0 Å². The molecule has 0 saturated heterocycles. The van der Waals surface area contributed by atoms with Crippen molar-refractivity contribution in [3.05, 3.63) is 0 Å². The van der Waals surface area contributed by atoms with Crippen LogP contribution in [0.1, 0.15) is 46.0 Å². The molecule has 4 nitrogen and oxygen atoms in total. The monoisotopic (exact) mass is 294 g/mol. The van der Waals surface area contributed by atoms with Crippen molar-refractivity contribution in [3.8, 4) is 0 Å². The predicted molar refractivity (Wildman–Crippen MR) is 77.1 cm³/mol. The van der Waals surface area contributed by atoms with Gasteiger partial charge in [0.2, 0.25) is 0 Å². The van der Waals surface area contributed by atoms with Crippen molar-refractivity contribution in [1.29, 1.82) is 0 Å². The molecule has 0 radical (unpaired) electrons. The van der Waals surface area contributed by atoms with Crippen LogP contribution in [0.5, 0.6) is 0 Å². The van der Waals surface area contributed by atoms with E-state index in [4.69, 9.17) is 5.11 Å². The van der Waals surface area contributed by atoms with Crippen LogP contribution in [0.3, 0.4) is 0 Å². The van der Waals surface area contributed by atoms with Gasteiger partial charge in [-0.1, -0.05) is 48.3 Å². The van der Waals surface area contributed by atoms with E-state index in [1.807, 2.05) is 13.8 Å². The second kappa shape index (κ2) is 9.55. The molecule has 0 aromatic heterocycles. The molecule has 2 N–H and O–H groups in total. The van der Waals surface area contributed by atoms with Crippen LogP contribution in [0.2, 0.25) is 0 Å². The molecule has 106 valence electrons. The van der Waals surface area contributed by atoms with Crippen molar-refractivity contribution in [3.63, 3.8) is 0 Å². The second-order valence-corrected chi connectivity index (χ2v) is 6.90. The number of carboxylic acids is 2. The van der Waals surface area contributed by atoms with Crippen molar-refractivity contribution >= 4 is 33.5 Å². The fourth-order valence-corrected chi connectivity index (χ4v) is 4.47. The summed E-state index contributed by atoms with van der Waals surface area (Å²) >= 11 is 0. The molecule has 0 spiro atoms. The molecule has 0 aromatic rings. The van der Waals surface area contributed by atoms with Crippen molar-refractivity contribution in [2.75, 3.05) is 11.5 Å². The Hall–Kier alpha value is -0.360. The summed E-state index contributed by atoms with van der Waals surface area (Å²) in [5.41, 5.74) is -0.648. The first-order chi connectivity index (χ1) is 8.48. The molecular formula is C12H22O4S2. The first kappa shape index (κ1) is 17.6. The van der Waals surface area contributed by atoms with Gasteiger partial charge in [0, 0.05) is 11.5 Å². The minimum Gasteiger partial charge on any atom is -0.481 e. The fraction of sp³-hybridized carbons (Fsp3) is 0.833. The Labute approximate surface area is 116 Å². The Bertz CT molecular complexity index is 263. The molecule has 0 aliphatic rings. The highest BCUT2D eigenvalue weighted by atomic mass is 33.1. The Kier molecular flexibility index (Phi) is 9.36. The van der Waals surface area contributed by atoms with E-state index in [-0.39, 0.29) is 6.42 Å². The lowest BCUT2D eigenvalue weighted by atomic mass is 9.81. The van der Waals surface area contributed by atoms with Gasteiger partial charge in [-0.2, -0.15) is 0 Å². The lowest BCUT2D eigenvalue weighted by Crippen LogP contribution is -2.33. The van der Waals surface area contributed by atoms with Gasteiger partial charge >= 0.3 is 11.9 Å². The van der Waals surface area contributed by atoms with E-state index >= 15 is 0 Å². The van der Waals surface area contributed by atoms with Crippen LogP contribution in [0.4, 0.5) is 0 Å². The summed E-state index contributed by atoms with van der Waals surface area (Å²) in [6, 6.07) is 0. The molecule has 6 heteroatoms. The molecule has 0 rings (SSSR count). The first-order valence-corrected chi connectivity index (χ1v) is 8.67. The van der Waals surface area contributed by atoms with Gasteiger partial charge in [-0.3, -0.25) is 9.59 Å². The molecule has 18 heavy (non-hydrogen) atoms. The third-order valence-electron chi connectivity index (χ3n) is 2.73. The van der Waals surface area contributed by atoms with Crippen molar-refractivity contribution in [1.82, 2.24) is 0 Å². The summed E-state index contributed by atoms with van der Waals surface area (Å²) in [7, 11) is 2.93. The smallest absolute Gasteiger partial charge is 0.310 e. The average molecular weight is 294 g/mol. The van der Waals surface area contributed by atoms with E-state index in [2.05, 4.69) is 0 Å². The summed E-state index contributed by atoms with van der Waals surface area (Å²) in [6.45, 7) is 3.99. The summed E-state index contributed by atoms with van der Waals surface area (Å²) in [6.07, 6.45) is 3.20. The van der Waals surface area contributed by atoms with E-state index in [1.54, 1.807) is 0 Å². The van der Waals surface area contributed by atoms with E-state index in [9.17, 15) is 14.7 Å². The molecule has 0 atom stereocenters. The van der Waals surface area contributed by atoms with Crippen LogP contribution in [-0.2, 0) is 9.59 Å². The van der Waals surface area contributed by atoms with E-state index in [0.717, 1.165) is 12.8 Å². The van der Waals surface area contributed by atoms with Gasteiger partial charge in [0.15, 0.2) is 0 Å². The third kappa shape index (κ3) is 6.54. The fourth-order valence-electron chi connectivity index (χ4n) is 1.84. The molecule has 0 heterocycles. The Morgan fingerprint density at radius 3 is 2.00 bits per heavy atom. The van der Waals surface area contributed by atoms with E-state index in [1.165, 1.54) is 21.6 Å². The summed E-state index contributed by atoms with van der Waals surface area (Å²) in [4.78, 5) is 21.8. The van der Waals surface area contributed by atoms with Gasteiger partial charge in [-0.15, -0.1) is 0 Å². The highest BCUT2D eigenvalue weighted by molar-refractivity contribution is 8.76. The number of aliphatic carboxylic acids is 2. The van der Waals surface area contributed by atoms with Gasteiger partial charge in [0.1, 0.15) is 0 Å². The predicted octanol–water partition coefficient (Wildman–Crippen LogP) is 3.51. The molecule has 0 bridgehead atoms. The maximum Gasteiger partial charge on any atom is 0.310 e. The molecular weight excluding hydrogens is 272 g/mol. The minimum absolute atomic E-state index is 0.124. The van der Waals surface area contributed by atoms with Crippen LogP contribution in [0.15, 0.2) is 0 Å². The zero-order valence-corrected chi connectivity index (χ0v) is 12.6. The van der Waals surface area contributed by atoms with Crippen molar-refractivity contribution in [2.45, 2.75) is 46.0 Å². The summed E-state index contributed by atoms with van der Waals surface area (Å²) in [5.74, 6) is -0.463. The van der Waals surface area contributed by atoms with Crippen LogP contribution < -0.4 is 0 Å². The van der Waals surface area contributed by atoms with Gasteiger partial charge < -0.3 is 10.2 Å². The molecule has 0 fully saturated rings. The van der Waals surface area contributed by atoms with Crippen molar-refractivity contribution in [2.24, 2.45) is 5.41 Å². The molecule has 0 unspecified atom stereocenters. The lowest BCUT2D eigenvalue weighted by molar-refractivity contribution is -0.148. The van der Waals surface area contributed by atoms with E-state index < -0.39 is 17.4 Å². The van der Waals surface area contributed by atoms with Crippen LogP contribution in [0, 0.1) is 5.41 Å². The topological polar surface area (TPSA) is 74.6 Å². The molecule has 0 aliphatic carbocycles. The summed E-state index contributed by atoms with van der Waals surface area (Å²) < 4.78 is 0. The maximum absolute atomic E-state index is 11.5. The number of hydrogen-bond acceptors (Lipinski definition) is 4. The number of rotatable bonds is 11. The van der Waals surface area contributed by atoms with Gasteiger partial charge in [0.05, 0.1) is 11.8 Å². The molecule has 0 aromatic carbocycles. The SMILES string of the molecule is CCCC(CCC)(CSSCCC(=O)O)C(=O)O. The highest BCUT2D eigenvalue weighted by Crippen LogP contribution is 2.38. The standard InChI is InChI=1S/C12H22O4S2/c1-3-6-12(7-4-2,11(15)16)9-18-17-8-5-10(13)14/h3-9H2,1-2H3,(H,13,14)(H,15,16). The Morgan fingerprint density at radius 2 is 1.61 bits per heavy atom. The van der Waals surface area contributed by atoms with E-state index in [0.29, 0.717) is 24.3 Å². The normalized spacial score (nSPS) is 11.4. The summed E-state index contributed by atoms with van der Waals surface area (Å²) in [5, 5.41) is 17.9. The molecule has 0 saturated carbocycles. The molecule has 0 amide bonds. The largest absolute Gasteiger partial charge is 0.481 e. The maximum atomic E-state index is 11.5. The zero-order valence-electron chi connectivity index (χ0n) is 11.0. The lowest BCUT2D eigenvalue weighted by Gasteiger charge is -2.28. The highest BCUT2D eigenvalue weighted by Gasteiger charge is 2.36. The Morgan fingerprint density at radius 1 is 1.06 bits per heavy atom.